The Bertz CT molecular complexity index is 325. The average Bonchev–Trinajstić information content (AvgIpc) is 2.31. The highest BCUT2D eigenvalue weighted by atomic mass is 16.5. The standard InChI is InChI=1S/C14H24N2O2/c1-11(2)9-18-10-14(17)8-15-6-13-5-4-12(3)16-7-13/h4-5,7,11,14-15,17H,6,8-10H2,1-3H3. The quantitative estimate of drug-likeness (QED) is 0.736. The Labute approximate surface area is 109 Å². The zero-order chi connectivity index (χ0) is 13.4. The molecule has 102 valence electrons. The molecule has 0 aliphatic heterocycles. The first-order valence-electron chi connectivity index (χ1n) is 6.46. The number of hydrogen-bond acceptors (Lipinski definition) is 4. The van der Waals surface area contributed by atoms with Crippen LogP contribution in [-0.2, 0) is 11.3 Å². The van der Waals surface area contributed by atoms with Crippen LogP contribution in [0.1, 0.15) is 25.1 Å². The van der Waals surface area contributed by atoms with Crippen LogP contribution in [0.15, 0.2) is 18.3 Å². The molecule has 1 unspecified atom stereocenters. The number of aryl methyl sites for hydroxylation is 1. The van der Waals surface area contributed by atoms with E-state index in [1.165, 1.54) is 0 Å². The molecule has 0 bridgehead atoms. The monoisotopic (exact) mass is 252 g/mol. The van der Waals surface area contributed by atoms with Crippen LogP contribution in [0.4, 0.5) is 0 Å². The lowest BCUT2D eigenvalue weighted by Crippen LogP contribution is -2.30. The van der Waals surface area contributed by atoms with Crippen LogP contribution in [-0.4, -0.2) is 36.0 Å². The maximum Gasteiger partial charge on any atom is 0.0897 e. The van der Waals surface area contributed by atoms with Gasteiger partial charge in [-0.15, -0.1) is 0 Å². The van der Waals surface area contributed by atoms with Crippen molar-refractivity contribution in [2.45, 2.75) is 33.4 Å². The minimum Gasteiger partial charge on any atom is -0.389 e. The smallest absolute Gasteiger partial charge is 0.0897 e. The van der Waals surface area contributed by atoms with Crippen molar-refractivity contribution in [3.8, 4) is 0 Å². The Kier molecular flexibility index (Phi) is 6.86. The van der Waals surface area contributed by atoms with Gasteiger partial charge >= 0.3 is 0 Å². The summed E-state index contributed by atoms with van der Waals surface area (Å²) < 4.78 is 5.37. The van der Waals surface area contributed by atoms with Gasteiger partial charge in [0.2, 0.25) is 0 Å². The Hall–Kier alpha value is -0.970. The fraction of sp³-hybridized carbons (Fsp3) is 0.643. The summed E-state index contributed by atoms with van der Waals surface area (Å²) in [5.74, 6) is 0.504. The highest BCUT2D eigenvalue weighted by Crippen LogP contribution is 1.99. The molecule has 1 atom stereocenters. The van der Waals surface area contributed by atoms with Crippen molar-refractivity contribution in [3.05, 3.63) is 29.6 Å². The Morgan fingerprint density at radius 3 is 2.72 bits per heavy atom. The highest BCUT2D eigenvalue weighted by molar-refractivity contribution is 5.12. The van der Waals surface area contributed by atoms with Gasteiger partial charge in [-0.25, -0.2) is 0 Å². The molecule has 0 saturated carbocycles. The fourth-order valence-corrected chi connectivity index (χ4v) is 1.48. The van der Waals surface area contributed by atoms with Crippen molar-refractivity contribution in [1.29, 1.82) is 0 Å². The van der Waals surface area contributed by atoms with E-state index in [4.69, 9.17) is 4.74 Å². The number of pyridine rings is 1. The number of hydrogen-bond donors (Lipinski definition) is 2. The van der Waals surface area contributed by atoms with Gasteiger partial charge in [0.25, 0.3) is 0 Å². The number of ether oxygens (including phenoxy) is 1. The maximum absolute atomic E-state index is 9.68. The van der Waals surface area contributed by atoms with Crippen LogP contribution in [0.25, 0.3) is 0 Å². The molecule has 0 spiro atoms. The second kappa shape index (κ2) is 8.19. The number of rotatable bonds is 8. The molecule has 0 aliphatic rings. The number of aromatic nitrogens is 1. The third-order valence-corrected chi connectivity index (χ3v) is 2.44. The first-order chi connectivity index (χ1) is 8.58. The van der Waals surface area contributed by atoms with Gasteiger partial charge in [-0.1, -0.05) is 19.9 Å². The van der Waals surface area contributed by atoms with E-state index in [1.807, 2.05) is 25.3 Å². The Morgan fingerprint density at radius 2 is 2.11 bits per heavy atom. The molecule has 0 aromatic carbocycles. The van der Waals surface area contributed by atoms with E-state index in [2.05, 4.69) is 24.1 Å². The summed E-state index contributed by atoms with van der Waals surface area (Å²) >= 11 is 0. The molecule has 0 fully saturated rings. The van der Waals surface area contributed by atoms with Crippen LogP contribution in [0, 0.1) is 12.8 Å². The third kappa shape index (κ3) is 6.69. The van der Waals surface area contributed by atoms with Crippen molar-refractivity contribution in [2.24, 2.45) is 5.92 Å². The zero-order valence-electron chi connectivity index (χ0n) is 11.5. The summed E-state index contributed by atoms with van der Waals surface area (Å²) in [7, 11) is 0. The molecule has 18 heavy (non-hydrogen) atoms. The van der Waals surface area contributed by atoms with Crippen molar-refractivity contribution in [3.63, 3.8) is 0 Å². The Balaban J connectivity index is 2.11. The number of nitrogens with zero attached hydrogens (tertiary/aromatic N) is 1. The molecule has 2 N–H and O–H groups in total. The third-order valence-electron chi connectivity index (χ3n) is 2.44. The molecule has 4 nitrogen and oxygen atoms in total. The summed E-state index contributed by atoms with van der Waals surface area (Å²) in [6.07, 6.45) is 1.39. The van der Waals surface area contributed by atoms with Gasteiger partial charge in [0.15, 0.2) is 0 Å². The minimum atomic E-state index is -0.456. The van der Waals surface area contributed by atoms with Crippen molar-refractivity contribution >= 4 is 0 Å². The summed E-state index contributed by atoms with van der Waals surface area (Å²) in [5.41, 5.74) is 2.14. The molecule has 4 heteroatoms. The van der Waals surface area contributed by atoms with Crippen LogP contribution in [0.2, 0.25) is 0 Å². The van der Waals surface area contributed by atoms with E-state index < -0.39 is 6.10 Å². The number of nitrogens with one attached hydrogen (secondary N) is 1. The largest absolute Gasteiger partial charge is 0.389 e. The van der Waals surface area contributed by atoms with Gasteiger partial charge in [0.05, 0.1) is 12.7 Å². The summed E-state index contributed by atoms with van der Waals surface area (Å²) in [6.45, 7) is 8.48. The summed E-state index contributed by atoms with van der Waals surface area (Å²) in [4.78, 5) is 4.22. The summed E-state index contributed by atoms with van der Waals surface area (Å²) in [6, 6.07) is 4.02. The van der Waals surface area contributed by atoms with E-state index in [-0.39, 0.29) is 0 Å². The second-order valence-electron chi connectivity index (χ2n) is 5.02. The minimum absolute atomic E-state index is 0.386. The molecule has 0 aliphatic carbocycles. The van der Waals surface area contributed by atoms with Gasteiger partial charge < -0.3 is 15.2 Å². The average molecular weight is 252 g/mol. The van der Waals surface area contributed by atoms with Gasteiger partial charge in [-0.05, 0) is 24.5 Å². The van der Waals surface area contributed by atoms with Crippen LogP contribution in [0.3, 0.4) is 0 Å². The predicted molar refractivity (Wildman–Crippen MR) is 72.3 cm³/mol. The van der Waals surface area contributed by atoms with Crippen molar-refractivity contribution in [2.75, 3.05) is 19.8 Å². The van der Waals surface area contributed by atoms with E-state index >= 15 is 0 Å². The zero-order valence-corrected chi connectivity index (χ0v) is 11.5. The predicted octanol–water partition coefficient (Wildman–Crippen LogP) is 1.51. The van der Waals surface area contributed by atoms with Crippen LogP contribution in [0.5, 0.6) is 0 Å². The molecule has 0 radical (unpaired) electrons. The normalized spacial score (nSPS) is 12.9. The SMILES string of the molecule is Cc1ccc(CNCC(O)COCC(C)C)cn1. The second-order valence-corrected chi connectivity index (χ2v) is 5.02. The van der Waals surface area contributed by atoms with E-state index in [0.29, 0.717) is 32.2 Å². The lowest BCUT2D eigenvalue weighted by molar-refractivity contribution is 0.0260. The van der Waals surface area contributed by atoms with E-state index in [9.17, 15) is 5.11 Å². The van der Waals surface area contributed by atoms with Gasteiger partial charge in [0, 0.05) is 31.6 Å². The van der Waals surface area contributed by atoms with E-state index in [0.717, 1.165) is 11.3 Å². The lowest BCUT2D eigenvalue weighted by atomic mass is 10.2. The first-order valence-corrected chi connectivity index (χ1v) is 6.46. The fourth-order valence-electron chi connectivity index (χ4n) is 1.48. The van der Waals surface area contributed by atoms with Gasteiger partial charge in [-0.3, -0.25) is 4.98 Å². The van der Waals surface area contributed by atoms with E-state index in [1.54, 1.807) is 0 Å². The molecule has 1 rings (SSSR count). The van der Waals surface area contributed by atoms with Gasteiger partial charge in [0.1, 0.15) is 0 Å². The molecule has 1 heterocycles. The first kappa shape index (κ1) is 15.1. The number of aliphatic hydroxyl groups is 1. The Morgan fingerprint density at radius 1 is 1.33 bits per heavy atom. The van der Waals surface area contributed by atoms with Gasteiger partial charge in [-0.2, -0.15) is 0 Å². The van der Waals surface area contributed by atoms with Crippen LogP contribution < -0.4 is 5.32 Å². The molecular formula is C14H24N2O2. The molecule has 1 aromatic rings. The molecule has 1 aromatic heterocycles. The lowest BCUT2D eigenvalue weighted by Gasteiger charge is -2.13. The molecule has 0 amide bonds. The summed E-state index contributed by atoms with van der Waals surface area (Å²) in [5, 5.41) is 12.9. The highest BCUT2D eigenvalue weighted by Gasteiger charge is 2.04. The van der Waals surface area contributed by atoms with Crippen molar-refractivity contribution in [1.82, 2.24) is 10.3 Å². The topological polar surface area (TPSA) is 54.4 Å². The number of aliphatic hydroxyl groups excluding tert-OH is 1. The van der Waals surface area contributed by atoms with Crippen LogP contribution >= 0.6 is 0 Å². The molecule has 0 saturated heterocycles. The van der Waals surface area contributed by atoms with Crippen molar-refractivity contribution < 1.29 is 9.84 Å². The maximum atomic E-state index is 9.68. The molecular weight excluding hydrogens is 228 g/mol.